The number of anilines is 3. The molecule has 3 rings (SSSR count). The number of hydrogen-bond donors (Lipinski definition) is 2. The number of halogens is 5. The number of hydrogen-bond acceptors (Lipinski definition) is 3. The molecular weight excluding hydrogens is 448 g/mol. The molecule has 0 saturated heterocycles. The Bertz CT molecular complexity index is 1200. The predicted octanol–water partition coefficient (Wildman–Crippen LogP) is 6.26. The minimum absolute atomic E-state index is 0.160. The molecule has 0 spiro atoms. The second kappa shape index (κ2) is 8.14. The molecule has 0 bridgehead atoms. The first-order chi connectivity index (χ1) is 13.6. The molecular formula is C19H13Cl2F3N2O2S. The minimum atomic E-state index is -4.29. The molecule has 0 aliphatic heterocycles. The molecule has 0 amide bonds. The van der Waals surface area contributed by atoms with Gasteiger partial charge in [-0.15, -0.1) is 0 Å². The molecule has 2 N–H and O–H groups in total. The Balaban J connectivity index is 2.05. The van der Waals surface area contributed by atoms with Crippen LogP contribution in [0.25, 0.3) is 0 Å². The number of benzene rings is 3. The second-order valence-electron chi connectivity index (χ2n) is 6.07. The van der Waals surface area contributed by atoms with Gasteiger partial charge in [0.05, 0.1) is 16.4 Å². The van der Waals surface area contributed by atoms with Crippen molar-refractivity contribution in [2.24, 2.45) is 0 Å². The third-order valence-corrected chi connectivity index (χ3v) is 5.99. The van der Waals surface area contributed by atoms with Crippen LogP contribution < -0.4 is 10.0 Å². The molecule has 0 atom stereocenters. The highest BCUT2D eigenvalue weighted by molar-refractivity contribution is 7.92. The fourth-order valence-corrected chi connectivity index (χ4v) is 4.35. The summed E-state index contributed by atoms with van der Waals surface area (Å²) in [4.78, 5) is -0.319. The van der Waals surface area contributed by atoms with Crippen molar-refractivity contribution in [3.8, 4) is 0 Å². The van der Waals surface area contributed by atoms with E-state index in [2.05, 4.69) is 10.0 Å². The van der Waals surface area contributed by atoms with Crippen molar-refractivity contribution in [3.05, 3.63) is 81.6 Å². The zero-order chi connectivity index (χ0) is 21.3. The third-order valence-electron chi connectivity index (χ3n) is 3.91. The van der Waals surface area contributed by atoms with Gasteiger partial charge in [0.25, 0.3) is 10.0 Å². The molecule has 0 unspecified atom stereocenters. The summed E-state index contributed by atoms with van der Waals surface area (Å²) in [7, 11) is -4.29. The van der Waals surface area contributed by atoms with Gasteiger partial charge >= 0.3 is 0 Å². The number of nitrogens with one attached hydrogen (secondary N) is 2. The van der Waals surface area contributed by atoms with Crippen LogP contribution in [0, 0.1) is 24.4 Å². The summed E-state index contributed by atoms with van der Waals surface area (Å²) >= 11 is 11.7. The van der Waals surface area contributed by atoms with Crippen molar-refractivity contribution in [3.63, 3.8) is 0 Å². The topological polar surface area (TPSA) is 58.2 Å². The highest BCUT2D eigenvalue weighted by Crippen LogP contribution is 2.34. The average Bonchev–Trinajstić information content (AvgIpc) is 2.62. The van der Waals surface area contributed by atoms with E-state index in [1.807, 2.05) is 0 Å². The van der Waals surface area contributed by atoms with Crippen molar-refractivity contribution >= 4 is 50.3 Å². The summed E-state index contributed by atoms with van der Waals surface area (Å²) < 4.78 is 69.9. The van der Waals surface area contributed by atoms with Crippen LogP contribution in [0.2, 0.25) is 10.0 Å². The standard InChI is InChI=1S/C19H13Cl2F3N2O2S/c1-10-2-5-15(14(23)8-10)25-19-16(6-4-13(22)18(19)24)26-29(27,28)17-7-3-11(20)9-12(17)21/h2-9,25-26H,1H3. The molecule has 3 aromatic carbocycles. The zero-order valence-corrected chi connectivity index (χ0v) is 17.1. The molecule has 10 heteroatoms. The predicted molar refractivity (Wildman–Crippen MR) is 108 cm³/mol. The molecule has 29 heavy (non-hydrogen) atoms. The van der Waals surface area contributed by atoms with Gasteiger partial charge in [0.15, 0.2) is 11.6 Å². The summed E-state index contributed by atoms with van der Waals surface area (Å²) in [5, 5.41) is 2.46. The fraction of sp³-hybridized carbons (Fsp3) is 0.0526. The molecule has 0 aliphatic carbocycles. The first-order valence-corrected chi connectivity index (χ1v) is 10.3. The molecule has 152 valence electrons. The maximum absolute atomic E-state index is 14.4. The van der Waals surface area contributed by atoms with E-state index in [1.165, 1.54) is 30.3 Å². The summed E-state index contributed by atoms with van der Waals surface area (Å²) in [5.74, 6) is -3.34. The first kappa shape index (κ1) is 21.3. The second-order valence-corrected chi connectivity index (χ2v) is 8.57. The smallest absolute Gasteiger partial charge is 0.263 e. The van der Waals surface area contributed by atoms with Crippen LogP contribution >= 0.6 is 23.2 Å². The van der Waals surface area contributed by atoms with E-state index in [1.54, 1.807) is 13.0 Å². The molecule has 0 aromatic heterocycles. The van der Waals surface area contributed by atoms with E-state index in [0.29, 0.717) is 5.56 Å². The van der Waals surface area contributed by atoms with Crippen molar-refractivity contribution in [2.75, 3.05) is 10.0 Å². The molecule has 0 aliphatic rings. The molecule has 0 fully saturated rings. The van der Waals surface area contributed by atoms with Crippen LogP contribution in [0.1, 0.15) is 5.56 Å². The van der Waals surface area contributed by atoms with Gasteiger partial charge in [-0.05, 0) is 55.0 Å². The van der Waals surface area contributed by atoms with Gasteiger partial charge in [-0.3, -0.25) is 4.72 Å². The number of aryl methyl sites for hydroxylation is 1. The zero-order valence-electron chi connectivity index (χ0n) is 14.7. The first-order valence-electron chi connectivity index (χ1n) is 8.07. The minimum Gasteiger partial charge on any atom is -0.349 e. The van der Waals surface area contributed by atoms with Crippen LogP contribution in [-0.2, 0) is 10.0 Å². The van der Waals surface area contributed by atoms with Gasteiger partial charge in [-0.25, -0.2) is 21.6 Å². The average molecular weight is 461 g/mol. The van der Waals surface area contributed by atoms with Crippen molar-refractivity contribution in [2.45, 2.75) is 11.8 Å². The lowest BCUT2D eigenvalue weighted by atomic mass is 10.2. The van der Waals surface area contributed by atoms with Crippen LogP contribution in [0.4, 0.5) is 30.2 Å². The van der Waals surface area contributed by atoms with Gasteiger partial charge in [0, 0.05) is 5.02 Å². The molecule has 0 radical (unpaired) electrons. The maximum Gasteiger partial charge on any atom is 0.263 e. The summed E-state index contributed by atoms with van der Waals surface area (Å²) in [5.41, 5.74) is -0.465. The van der Waals surface area contributed by atoms with Crippen LogP contribution in [-0.4, -0.2) is 8.42 Å². The Hall–Kier alpha value is -2.42. The van der Waals surface area contributed by atoms with Gasteiger partial charge in [0.1, 0.15) is 16.4 Å². The Morgan fingerprint density at radius 3 is 2.21 bits per heavy atom. The van der Waals surface area contributed by atoms with E-state index < -0.39 is 33.2 Å². The molecule has 0 saturated carbocycles. The Labute approximate surface area is 175 Å². The Kier molecular flexibility index (Phi) is 5.97. The fourth-order valence-electron chi connectivity index (χ4n) is 2.51. The molecule has 4 nitrogen and oxygen atoms in total. The van der Waals surface area contributed by atoms with Crippen molar-refractivity contribution in [1.29, 1.82) is 0 Å². The van der Waals surface area contributed by atoms with Crippen molar-refractivity contribution in [1.82, 2.24) is 0 Å². The highest BCUT2D eigenvalue weighted by atomic mass is 35.5. The normalized spacial score (nSPS) is 11.4. The number of rotatable bonds is 5. The lowest BCUT2D eigenvalue weighted by molar-refractivity contribution is 0.512. The van der Waals surface area contributed by atoms with Gasteiger partial charge in [0.2, 0.25) is 0 Å². The monoisotopic (exact) mass is 460 g/mol. The van der Waals surface area contributed by atoms with Gasteiger partial charge < -0.3 is 5.32 Å². The van der Waals surface area contributed by atoms with Gasteiger partial charge in [-0.2, -0.15) is 0 Å². The summed E-state index contributed by atoms with van der Waals surface area (Å²) in [6.45, 7) is 1.66. The largest absolute Gasteiger partial charge is 0.349 e. The highest BCUT2D eigenvalue weighted by Gasteiger charge is 2.23. The Morgan fingerprint density at radius 2 is 1.55 bits per heavy atom. The van der Waals surface area contributed by atoms with E-state index in [-0.39, 0.29) is 26.3 Å². The maximum atomic E-state index is 14.4. The SMILES string of the molecule is Cc1ccc(Nc2c(NS(=O)(=O)c3ccc(Cl)cc3Cl)ccc(F)c2F)c(F)c1. The molecule has 3 aromatic rings. The quantitative estimate of drug-likeness (QED) is 0.472. The number of sulfonamides is 1. The van der Waals surface area contributed by atoms with Gasteiger partial charge in [-0.1, -0.05) is 29.3 Å². The lowest BCUT2D eigenvalue weighted by Crippen LogP contribution is -2.15. The Morgan fingerprint density at radius 1 is 0.862 bits per heavy atom. The molecule has 0 heterocycles. The van der Waals surface area contributed by atoms with Crippen molar-refractivity contribution < 1.29 is 21.6 Å². The van der Waals surface area contributed by atoms with E-state index >= 15 is 0 Å². The lowest BCUT2D eigenvalue weighted by Gasteiger charge is -2.16. The summed E-state index contributed by atoms with van der Waals surface area (Å²) in [6.07, 6.45) is 0. The summed E-state index contributed by atoms with van der Waals surface area (Å²) in [6, 6.07) is 9.53. The van der Waals surface area contributed by atoms with Crippen LogP contribution in [0.3, 0.4) is 0 Å². The van der Waals surface area contributed by atoms with Crippen LogP contribution in [0.5, 0.6) is 0 Å². The van der Waals surface area contributed by atoms with E-state index in [0.717, 1.165) is 12.1 Å². The van der Waals surface area contributed by atoms with E-state index in [4.69, 9.17) is 23.2 Å². The third kappa shape index (κ3) is 4.60. The van der Waals surface area contributed by atoms with Crippen LogP contribution in [0.15, 0.2) is 53.4 Å². The van der Waals surface area contributed by atoms with E-state index in [9.17, 15) is 21.6 Å².